The van der Waals surface area contributed by atoms with E-state index in [0.717, 1.165) is 0 Å². The van der Waals surface area contributed by atoms with E-state index in [2.05, 4.69) is 15.1 Å². The highest BCUT2D eigenvalue weighted by atomic mass is 19.1. The van der Waals surface area contributed by atoms with Crippen LogP contribution in [0, 0.1) is 0 Å². The van der Waals surface area contributed by atoms with Gasteiger partial charge >= 0.3 is 0 Å². The van der Waals surface area contributed by atoms with Gasteiger partial charge in [-0.05, 0) is 0 Å². The summed E-state index contributed by atoms with van der Waals surface area (Å²) in [6.45, 7) is 0. The Bertz CT molecular complexity index is 678. The van der Waals surface area contributed by atoms with Crippen molar-refractivity contribution in [3.63, 3.8) is 0 Å². The molecule has 1 saturated carbocycles. The molecule has 0 aromatic carbocycles. The van der Waals surface area contributed by atoms with Gasteiger partial charge in [0.25, 0.3) is 0 Å². The van der Waals surface area contributed by atoms with Gasteiger partial charge in [0.05, 0.1) is 11.9 Å². The van der Waals surface area contributed by atoms with Crippen molar-refractivity contribution < 1.29 is 19.3 Å². The number of anilines is 1. The molecule has 19 heavy (non-hydrogen) atoms. The minimum atomic E-state index is -1.83. The van der Waals surface area contributed by atoms with E-state index in [9.17, 15) is 14.6 Å². The molecule has 0 spiro atoms. The maximum Gasteiger partial charge on any atom is 0.196 e. The van der Waals surface area contributed by atoms with Gasteiger partial charge in [0.15, 0.2) is 23.2 Å². The van der Waals surface area contributed by atoms with Crippen LogP contribution < -0.4 is 5.73 Å². The fraction of sp³-hybridized carbons (Fsp3) is 0.500. The Morgan fingerprint density at radius 1 is 1.47 bits per heavy atom. The molecule has 2 aliphatic rings. The summed E-state index contributed by atoms with van der Waals surface area (Å²) in [5, 5.41) is 23.2. The van der Waals surface area contributed by atoms with E-state index in [4.69, 9.17) is 10.5 Å². The molecule has 1 saturated heterocycles. The first kappa shape index (κ1) is 11.0. The molecule has 8 nitrogen and oxygen atoms in total. The van der Waals surface area contributed by atoms with Crippen molar-refractivity contribution in [3.8, 4) is 0 Å². The number of nitrogens with zero attached hydrogens (tertiary/aromatic N) is 4. The van der Waals surface area contributed by atoms with Gasteiger partial charge in [-0.3, -0.25) is 0 Å². The number of imidazole rings is 1. The predicted octanol–water partition coefficient (Wildman–Crippen LogP) is -1.41. The normalized spacial score (nSPS) is 40.6. The number of fused-ring (bicyclic) bond motifs is 2. The molecule has 2 aromatic heterocycles. The Morgan fingerprint density at radius 3 is 2.95 bits per heavy atom. The Kier molecular flexibility index (Phi) is 1.85. The van der Waals surface area contributed by atoms with Crippen molar-refractivity contribution in [2.24, 2.45) is 0 Å². The van der Waals surface area contributed by atoms with E-state index in [1.807, 2.05) is 0 Å². The number of rotatable bonds is 1. The van der Waals surface area contributed by atoms with Gasteiger partial charge in [-0.1, -0.05) is 0 Å². The lowest BCUT2D eigenvalue weighted by Crippen LogP contribution is -2.31. The first-order chi connectivity index (χ1) is 9.05. The number of nitrogen functional groups attached to an aromatic ring is 1. The van der Waals surface area contributed by atoms with Crippen LogP contribution in [-0.2, 0) is 4.74 Å². The van der Waals surface area contributed by atoms with Gasteiger partial charge in [0, 0.05) is 0 Å². The molecule has 4 N–H and O–H groups in total. The number of hydrogen-bond acceptors (Lipinski definition) is 7. The second-order valence-electron chi connectivity index (χ2n) is 4.77. The molecule has 100 valence electrons. The summed E-state index contributed by atoms with van der Waals surface area (Å²) in [7, 11) is 0. The van der Waals surface area contributed by atoms with E-state index in [1.165, 1.54) is 17.0 Å². The maximum atomic E-state index is 14.2. The molecule has 2 aromatic rings. The number of nitrogens with two attached hydrogens (primary N) is 1. The summed E-state index contributed by atoms with van der Waals surface area (Å²) in [5.41, 5.74) is 4.42. The number of ether oxygens (including phenoxy) is 1. The van der Waals surface area contributed by atoms with Crippen molar-refractivity contribution in [2.45, 2.75) is 30.1 Å². The summed E-state index contributed by atoms with van der Waals surface area (Å²) in [5.74, 6) is 0.165. The van der Waals surface area contributed by atoms with Crippen LogP contribution >= 0.6 is 0 Å². The minimum Gasteiger partial charge on any atom is -0.387 e. The number of alkyl halides is 1. The van der Waals surface area contributed by atoms with Gasteiger partial charge in [-0.25, -0.2) is 18.9 Å². The van der Waals surface area contributed by atoms with E-state index >= 15 is 0 Å². The SMILES string of the molecule is Nc1ncnn2c([C@@H]3O[C@@H]4C(O)[C@]4(O)[C@H]3F)cnc12. The quantitative estimate of drug-likeness (QED) is 0.580. The first-order valence-electron chi connectivity index (χ1n) is 5.69. The van der Waals surface area contributed by atoms with Crippen molar-refractivity contribution in [1.82, 2.24) is 19.6 Å². The molecule has 2 fully saturated rings. The highest BCUT2D eigenvalue weighted by Gasteiger charge is 2.77. The largest absolute Gasteiger partial charge is 0.387 e. The summed E-state index contributed by atoms with van der Waals surface area (Å²) in [6, 6.07) is 0. The Morgan fingerprint density at radius 2 is 2.26 bits per heavy atom. The lowest BCUT2D eigenvalue weighted by molar-refractivity contribution is -0.0320. The van der Waals surface area contributed by atoms with Crippen LogP contribution in [0.1, 0.15) is 11.8 Å². The number of aliphatic hydroxyl groups is 2. The standard InChI is InChI=1S/C10H10FN5O3/c11-5-4(19-7-6(17)10(5,7)18)3-1-13-9-8(12)14-2-15-16(3)9/h1-2,4-7,17-18H,(H2,12,14,15)/t4-,5-,6?,7+,10+/m0/s1. The smallest absolute Gasteiger partial charge is 0.196 e. The van der Waals surface area contributed by atoms with Gasteiger partial charge in [0.1, 0.15) is 24.6 Å². The van der Waals surface area contributed by atoms with E-state index < -0.39 is 30.1 Å². The number of aromatic nitrogens is 4. The van der Waals surface area contributed by atoms with Crippen LogP contribution in [-0.4, -0.2) is 53.8 Å². The molecule has 9 heteroatoms. The molecule has 1 unspecified atom stereocenters. The Hall–Kier alpha value is -1.84. The van der Waals surface area contributed by atoms with Crippen LogP contribution in [0.5, 0.6) is 0 Å². The van der Waals surface area contributed by atoms with Crippen molar-refractivity contribution >= 4 is 11.5 Å². The van der Waals surface area contributed by atoms with Gasteiger partial charge in [-0.2, -0.15) is 5.10 Å². The predicted molar refractivity (Wildman–Crippen MR) is 58.7 cm³/mol. The molecule has 0 bridgehead atoms. The number of hydrogen-bond donors (Lipinski definition) is 3. The van der Waals surface area contributed by atoms with Crippen LogP contribution in [0.3, 0.4) is 0 Å². The summed E-state index contributed by atoms with van der Waals surface area (Å²) in [6.07, 6.45) is -2.28. The average Bonchev–Trinajstić information content (AvgIpc) is 2.74. The van der Waals surface area contributed by atoms with Gasteiger partial charge in [0.2, 0.25) is 0 Å². The molecular formula is C10H10FN5O3. The van der Waals surface area contributed by atoms with Crippen LogP contribution in [0.25, 0.3) is 5.65 Å². The van der Waals surface area contributed by atoms with Crippen molar-refractivity contribution in [2.75, 3.05) is 5.73 Å². The fourth-order valence-electron chi connectivity index (χ4n) is 2.58. The highest BCUT2D eigenvalue weighted by molar-refractivity contribution is 5.59. The highest BCUT2D eigenvalue weighted by Crippen LogP contribution is 2.56. The second-order valence-corrected chi connectivity index (χ2v) is 4.77. The first-order valence-corrected chi connectivity index (χ1v) is 5.69. The number of aliphatic hydroxyl groups excluding tert-OH is 1. The minimum absolute atomic E-state index is 0.165. The van der Waals surface area contributed by atoms with E-state index in [1.54, 1.807) is 0 Å². The Balaban J connectivity index is 1.79. The van der Waals surface area contributed by atoms with Crippen LogP contribution in [0.2, 0.25) is 0 Å². The zero-order valence-corrected chi connectivity index (χ0v) is 9.51. The third kappa shape index (κ3) is 1.15. The maximum absolute atomic E-state index is 14.2. The lowest BCUT2D eigenvalue weighted by Gasteiger charge is -2.18. The zero-order valence-electron chi connectivity index (χ0n) is 9.51. The molecule has 0 radical (unpaired) electrons. The van der Waals surface area contributed by atoms with Crippen LogP contribution in [0.15, 0.2) is 12.5 Å². The molecular weight excluding hydrogens is 257 g/mol. The molecule has 1 aliphatic carbocycles. The second kappa shape index (κ2) is 3.18. The molecule has 3 heterocycles. The molecule has 4 rings (SSSR count). The number of halogens is 1. The van der Waals surface area contributed by atoms with E-state index in [-0.39, 0.29) is 5.82 Å². The van der Waals surface area contributed by atoms with E-state index in [0.29, 0.717) is 11.3 Å². The fourth-order valence-corrected chi connectivity index (χ4v) is 2.58. The van der Waals surface area contributed by atoms with Crippen molar-refractivity contribution in [1.29, 1.82) is 0 Å². The molecule has 1 aliphatic heterocycles. The Labute approximate surface area is 105 Å². The monoisotopic (exact) mass is 267 g/mol. The van der Waals surface area contributed by atoms with Crippen LogP contribution in [0.4, 0.5) is 10.2 Å². The third-order valence-electron chi connectivity index (χ3n) is 3.76. The zero-order chi connectivity index (χ0) is 13.4. The summed E-state index contributed by atoms with van der Waals surface area (Å²) >= 11 is 0. The summed E-state index contributed by atoms with van der Waals surface area (Å²) < 4.78 is 20.8. The van der Waals surface area contributed by atoms with Gasteiger partial charge in [-0.15, -0.1) is 0 Å². The van der Waals surface area contributed by atoms with Crippen molar-refractivity contribution in [3.05, 3.63) is 18.2 Å². The average molecular weight is 267 g/mol. The molecule has 0 amide bonds. The third-order valence-corrected chi connectivity index (χ3v) is 3.76. The lowest BCUT2D eigenvalue weighted by atomic mass is 10.1. The van der Waals surface area contributed by atoms with Gasteiger partial charge < -0.3 is 20.7 Å². The summed E-state index contributed by atoms with van der Waals surface area (Å²) in [4.78, 5) is 7.78. The molecule has 5 atom stereocenters. The topological polar surface area (TPSA) is 119 Å².